The second kappa shape index (κ2) is 10.5. The van der Waals surface area contributed by atoms with Gasteiger partial charge in [0.05, 0.1) is 23.7 Å². The number of carbonyl (C=O) groups is 4. The molecule has 0 saturated carbocycles. The van der Waals surface area contributed by atoms with E-state index >= 15 is 0 Å². The summed E-state index contributed by atoms with van der Waals surface area (Å²) in [5.74, 6) is -1.51. The number of halogens is 1. The van der Waals surface area contributed by atoms with Crippen LogP contribution in [0, 0.1) is 0 Å². The fraction of sp³-hybridized carbons (Fsp3) is 0.217. The Labute approximate surface area is 199 Å². The molecule has 2 amide bonds. The Balaban J connectivity index is 1.81. The van der Waals surface area contributed by atoms with Crippen LogP contribution in [-0.2, 0) is 14.3 Å². The summed E-state index contributed by atoms with van der Waals surface area (Å²) in [5, 5.41) is -0.189. The van der Waals surface area contributed by atoms with Crippen LogP contribution in [0.2, 0.25) is 5.02 Å². The monoisotopic (exact) mass is 489 g/mol. The molecule has 0 N–H and O–H groups in total. The van der Waals surface area contributed by atoms with Crippen LogP contribution in [0.25, 0.3) is 6.08 Å². The van der Waals surface area contributed by atoms with E-state index in [4.69, 9.17) is 25.8 Å². The summed E-state index contributed by atoms with van der Waals surface area (Å²) in [6.07, 6.45) is 1.11. The number of hydrogen-bond donors (Lipinski definition) is 0. The third kappa shape index (κ3) is 6.15. The third-order valence-corrected chi connectivity index (χ3v) is 5.42. The highest BCUT2D eigenvalue weighted by atomic mass is 35.5. The van der Waals surface area contributed by atoms with Gasteiger partial charge in [0.25, 0.3) is 11.1 Å². The van der Waals surface area contributed by atoms with Crippen LogP contribution in [0.1, 0.15) is 29.8 Å². The Bertz CT molecular complexity index is 1150. The molecular formula is C23H20ClNO7S. The van der Waals surface area contributed by atoms with E-state index in [0.717, 1.165) is 4.90 Å². The van der Waals surface area contributed by atoms with Crippen molar-refractivity contribution in [1.29, 1.82) is 0 Å². The van der Waals surface area contributed by atoms with Gasteiger partial charge in [-0.2, -0.15) is 0 Å². The Morgan fingerprint density at radius 1 is 1.12 bits per heavy atom. The number of imide groups is 1. The first kappa shape index (κ1) is 24.3. The SMILES string of the molecule is COc1ccc(/C=C2\SC(=O)N(CC(=O)OC(C)C)C2=O)cc1OC(=O)c1cccc(Cl)c1. The van der Waals surface area contributed by atoms with Crippen LogP contribution in [0.5, 0.6) is 11.5 Å². The van der Waals surface area contributed by atoms with Crippen molar-refractivity contribution in [2.75, 3.05) is 13.7 Å². The highest BCUT2D eigenvalue weighted by Gasteiger charge is 2.36. The van der Waals surface area contributed by atoms with Crippen molar-refractivity contribution in [2.45, 2.75) is 20.0 Å². The van der Waals surface area contributed by atoms with E-state index in [1.54, 1.807) is 44.2 Å². The number of amides is 2. The number of carbonyl (C=O) groups excluding carboxylic acids is 4. The zero-order valence-electron chi connectivity index (χ0n) is 18.0. The second-order valence-corrected chi connectivity index (χ2v) is 8.55. The number of hydrogen-bond acceptors (Lipinski definition) is 8. The summed E-state index contributed by atoms with van der Waals surface area (Å²) in [4.78, 5) is 50.2. The summed E-state index contributed by atoms with van der Waals surface area (Å²) in [7, 11) is 1.42. The molecule has 0 spiro atoms. The lowest BCUT2D eigenvalue weighted by Crippen LogP contribution is -2.35. The molecular weight excluding hydrogens is 470 g/mol. The Hall–Kier alpha value is -3.30. The average molecular weight is 490 g/mol. The van der Waals surface area contributed by atoms with Gasteiger partial charge in [-0.25, -0.2) is 4.79 Å². The molecule has 33 heavy (non-hydrogen) atoms. The molecule has 3 rings (SSSR count). The van der Waals surface area contributed by atoms with Gasteiger partial charge in [-0.3, -0.25) is 19.3 Å². The predicted octanol–water partition coefficient (Wildman–Crippen LogP) is 4.56. The molecule has 1 aliphatic heterocycles. The van der Waals surface area contributed by atoms with Crippen molar-refractivity contribution < 1.29 is 33.4 Å². The Kier molecular flexibility index (Phi) is 7.78. The molecule has 8 nitrogen and oxygen atoms in total. The van der Waals surface area contributed by atoms with E-state index in [1.165, 1.54) is 25.3 Å². The molecule has 1 aliphatic rings. The van der Waals surface area contributed by atoms with Crippen molar-refractivity contribution in [1.82, 2.24) is 4.90 Å². The molecule has 172 valence electrons. The average Bonchev–Trinajstić information content (AvgIpc) is 3.00. The van der Waals surface area contributed by atoms with E-state index in [0.29, 0.717) is 28.1 Å². The van der Waals surface area contributed by atoms with Gasteiger partial charge in [0.1, 0.15) is 6.54 Å². The van der Waals surface area contributed by atoms with Crippen molar-refractivity contribution in [3.05, 3.63) is 63.5 Å². The van der Waals surface area contributed by atoms with E-state index in [2.05, 4.69) is 0 Å². The maximum absolute atomic E-state index is 12.6. The summed E-state index contributed by atoms with van der Waals surface area (Å²) in [6, 6.07) is 11.0. The van der Waals surface area contributed by atoms with E-state index in [1.807, 2.05) is 0 Å². The quantitative estimate of drug-likeness (QED) is 0.317. The molecule has 2 aromatic rings. The van der Waals surface area contributed by atoms with E-state index in [-0.39, 0.29) is 22.3 Å². The zero-order chi connectivity index (χ0) is 24.1. The first-order chi connectivity index (χ1) is 15.7. The van der Waals surface area contributed by atoms with Gasteiger partial charge < -0.3 is 14.2 Å². The zero-order valence-corrected chi connectivity index (χ0v) is 19.6. The van der Waals surface area contributed by atoms with Crippen LogP contribution in [-0.4, -0.2) is 47.7 Å². The van der Waals surface area contributed by atoms with Crippen LogP contribution >= 0.6 is 23.4 Å². The maximum Gasteiger partial charge on any atom is 0.343 e. The molecule has 0 radical (unpaired) electrons. The molecule has 1 fully saturated rings. The standard InChI is InChI=1S/C23H20ClNO7S/c1-13(2)31-20(26)12-25-21(27)19(33-23(25)29)10-14-7-8-17(30-3)18(9-14)32-22(28)15-5-4-6-16(24)11-15/h4-11,13H,12H2,1-3H3/b19-10-. The molecule has 0 aromatic heterocycles. The van der Waals surface area contributed by atoms with Crippen molar-refractivity contribution in [3.8, 4) is 11.5 Å². The topological polar surface area (TPSA) is 99.2 Å². The van der Waals surface area contributed by atoms with E-state index in [9.17, 15) is 19.2 Å². The van der Waals surface area contributed by atoms with Crippen LogP contribution in [0.15, 0.2) is 47.4 Å². The number of ether oxygens (including phenoxy) is 3. The number of methoxy groups -OCH3 is 1. The van der Waals surface area contributed by atoms with Gasteiger partial charge in [-0.05, 0) is 67.6 Å². The van der Waals surface area contributed by atoms with Gasteiger partial charge in [-0.1, -0.05) is 23.7 Å². The molecule has 1 heterocycles. The van der Waals surface area contributed by atoms with Gasteiger partial charge in [-0.15, -0.1) is 0 Å². The van der Waals surface area contributed by atoms with Gasteiger partial charge >= 0.3 is 11.9 Å². The van der Waals surface area contributed by atoms with Crippen molar-refractivity contribution in [2.24, 2.45) is 0 Å². The maximum atomic E-state index is 12.6. The molecule has 1 saturated heterocycles. The first-order valence-corrected chi connectivity index (χ1v) is 11.0. The van der Waals surface area contributed by atoms with E-state index < -0.39 is 29.6 Å². The minimum absolute atomic E-state index is 0.120. The summed E-state index contributed by atoms with van der Waals surface area (Å²) < 4.78 is 15.7. The lowest BCUT2D eigenvalue weighted by molar-refractivity contribution is -0.149. The van der Waals surface area contributed by atoms with Crippen LogP contribution in [0.3, 0.4) is 0 Å². The fourth-order valence-corrected chi connectivity index (χ4v) is 3.88. The number of rotatable bonds is 7. The second-order valence-electron chi connectivity index (χ2n) is 7.12. The van der Waals surface area contributed by atoms with Gasteiger partial charge in [0, 0.05) is 5.02 Å². The highest BCUT2D eigenvalue weighted by molar-refractivity contribution is 8.18. The molecule has 0 unspecified atom stereocenters. The largest absolute Gasteiger partial charge is 0.493 e. The van der Waals surface area contributed by atoms with Crippen molar-refractivity contribution >= 4 is 52.5 Å². The molecule has 10 heteroatoms. The number of nitrogens with zero attached hydrogens (tertiary/aromatic N) is 1. The molecule has 0 atom stereocenters. The summed E-state index contributed by atoms with van der Waals surface area (Å²) >= 11 is 6.63. The molecule has 2 aromatic carbocycles. The van der Waals surface area contributed by atoms with Crippen molar-refractivity contribution in [3.63, 3.8) is 0 Å². The van der Waals surface area contributed by atoms with Crippen LogP contribution < -0.4 is 9.47 Å². The van der Waals surface area contributed by atoms with Gasteiger partial charge in [0.15, 0.2) is 11.5 Å². The summed E-state index contributed by atoms with van der Waals surface area (Å²) in [5.41, 5.74) is 0.740. The lowest BCUT2D eigenvalue weighted by atomic mass is 10.1. The Morgan fingerprint density at radius 2 is 1.88 bits per heavy atom. The predicted molar refractivity (Wildman–Crippen MR) is 123 cm³/mol. The normalized spacial score (nSPS) is 14.7. The first-order valence-electron chi connectivity index (χ1n) is 9.78. The minimum atomic E-state index is -0.673. The molecule has 0 aliphatic carbocycles. The third-order valence-electron chi connectivity index (χ3n) is 4.28. The number of benzene rings is 2. The number of thioether (sulfide) groups is 1. The Morgan fingerprint density at radius 3 is 2.55 bits per heavy atom. The summed E-state index contributed by atoms with van der Waals surface area (Å²) in [6.45, 7) is 2.88. The van der Waals surface area contributed by atoms with Crippen LogP contribution in [0.4, 0.5) is 4.79 Å². The highest BCUT2D eigenvalue weighted by Crippen LogP contribution is 2.35. The number of esters is 2. The molecule has 0 bridgehead atoms. The minimum Gasteiger partial charge on any atom is -0.493 e. The van der Waals surface area contributed by atoms with Gasteiger partial charge in [0.2, 0.25) is 0 Å². The lowest BCUT2D eigenvalue weighted by Gasteiger charge is -2.13. The fourth-order valence-electron chi connectivity index (χ4n) is 2.85. The smallest absolute Gasteiger partial charge is 0.343 e.